The van der Waals surface area contributed by atoms with Gasteiger partial charge < -0.3 is 14.6 Å². The summed E-state index contributed by atoms with van der Waals surface area (Å²) in [5.74, 6) is 0.871. The molecule has 0 saturated heterocycles. The molecule has 0 spiro atoms. The van der Waals surface area contributed by atoms with Gasteiger partial charge in [-0.25, -0.2) is 0 Å². The van der Waals surface area contributed by atoms with Crippen molar-refractivity contribution < 1.29 is 4.74 Å². The largest absolute Gasteiger partial charge is 0.495 e. The van der Waals surface area contributed by atoms with E-state index in [-0.39, 0.29) is 0 Å². The molecule has 0 saturated carbocycles. The third kappa shape index (κ3) is 1.98. The standard InChI is InChI=1S/C14H19ClN2O/c1-9-11(7-8-16-2)17(3)14-12(18-4)6-5-10(15)13(9)14/h5-6,16H,7-8H2,1-4H3. The molecule has 0 amide bonds. The molecule has 0 fully saturated rings. The lowest BCUT2D eigenvalue weighted by molar-refractivity contribution is 0.417. The summed E-state index contributed by atoms with van der Waals surface area (Å²) < 4.78 is 7.63. The van der Waals surface area contributed by atoms with Crippen LogP contribution in [-0.2, 0) is 13.5 Å². The quantitative estimate of drug-likeness (QED) is 0.921. The van der Waals surface area contributed by atoms with Crippen LogP contribution in [0.4, 0.5) is 0 Å². The number of aromatic nitrogens is 1. The molecule has 1 N–H and O–H groups in total. The first-order valence-corrected chi connectivity index (χ1v) is 6.44. The second-order valence-electron chi connectivity index (χ2n) is 4.46. The maximum atomic E-state index is 6.33. The highest BCUT2D eigenvalue weighted by Crippen LogP contribution is 2.36. The van der Waals surface area contributed by atoms with E-state index >= 15 is 0 Å². The molecule has 3 nitrogen and oxygen atoms in total. The Bertz CT molecular complexity index is 575. The van der Waals surface area contributed by atoms with E-state index in [0.717, 1.165) is 34.6 Å². The van der Waals surface area contributed by atoms with Gasteiger partial charge in [0.1, 0.15) is 5.75 Å². The van der Waals surface area contributed by atoms with Gasteiger partial charge in [-0.1, -0.05) is 11.6 Å². The van der Waals surface area contributed by atoms with Gasteiger partial charge in [0.05, 0.1) is 17.6 Å². The molecule has 1 heterocycles. The molecule has 0 atom stereocenters. The summed E-state index contributed by atoms with van der Waals surface area (Å²) in [5, 5.41) is 5.07. The molecule has 98 valence electrons. The predicted molar refractivity (Wildman–Crippen MR) is 76.8 cm³/mol. The van der Waals surface area contributed by atoms with Gasteiger partial charge in [0.2, 0.25) is 0 Å². The molecule has 0 unspecified atom stereocenters. The molecular formula is C14H19ClN2O. The summed E-state index contributed by atoms with van der Waals surface area (Å²) >= 11 is 6.33. The van der Waals surface area contributed by atoms with E-state index < -0.39 is 0 Å². The number of fused-ring (bicyclic) bond motifs is 1. The smallest absolute Gasteiger partial charge is 0.143 e. The van der Waals surface area contributed by atoms with Crippen LogP contribution in [0.1, 0.15) is 11.3 Å². The number of rotatable bonds is 4. The Morgan fingerprint density at radius 3 is 2.72 bits per heavy atom. The van der Waals surface area contributed by atoms with Crippen molar-refractivity contribution in [3.8, 4) is 5.75 Å². The van der Waals surface area contributed by atoms with Gasteiger partial charge in [-0.15, -0.1) is 0 Å². The van der Waals surface area contributed by atoms with Gasteiger partial charge in [-0.2, -0.15) is 0 Å². The normalized spacial score (nSPS) is 11.2. The highest BCUT2D eigenvalue weighted by Gasteiger charge is 2.17. The summed E-state index contributed by atoms with van der Waals surface area (Å²) in [4.78, 5) is 0. The van der Waals surface area contributed by atoms with E-state index in [4.69, 9.17) is 16.3 Å². The van der Waals surface area contributed by atoms with E-state index in [1.807, 2.05) is 19.2 Å². The zero-order chi connectivity index (χ0) is 13.3. The van der Waals surface area contributed by atoms with Gasteiger partial charge in [-0.05, 0) is 31.7 Å². The first-order valence-electron chi connectivity index (χ1n) is 6.06. The van der Waals surface area contributed by atoms with Crippen molar-refractivity contribution in [1.29, 1.82) is 0 Å². The van der Waals surface area contributed by atoms with Crippen LogP contribution >= 0.6 is 11.6 Å². The van der Waals surface area contributed by atoms with Crippen molar-refractivity contribution in [2.75, 3.05) is 20.7 Å². The summed E-state index contributed by atoms with van der Waals surface area (Å²) in [6.07, 6.45) is 0.979. The number of aryl methyl sites for hydroxylation is 2. The maximum absolute atomic E-state index is 6.33. The number of benzene rings is 1. The Labute approximate surface area is 113 Å². The number of hydrogen-bond acceptors (Lipinski definition) is 2. The van der Waals surface area contributed by atoms with Crippen molar-refractivity contribution in [3.63, 3.8) is 0 Å². The van der Waals surface area contributed by atoms with E-state index in [0.29, 0.717) is 0 Å². The highest BCUT2D eigenvalue weighted by atomic mass is 35.5. The van der Waals surface area contributed by atoms with Crippen LogP contribution in [0.2, 0.25) is 5.02 Å². The second-order valence-corrected chi connectivity index (χ2v) is 4.86. The van der Waals surface area contributed by atoms with Crippen LogP contribution in [0.3, 0.4) is 0 Å². The average Bonchev–Trinajstić information content (AvgIpc) is 2.62. The third-order valence-corrected chi connectivity index (χ3v) is 3.78. The number of methoxy groups -OCH3 is 1. The molecule has 2 rings (SSSR count). The minimum absolute atomic E-state index is 0.787. The molecule has 1 aromatic heterocycles. The van der Waals surface area contributed by atoms with Crippen LogP contribution in [0.15, 0.2) is 12.1 Å². The predicted octanol–water partition coefficient (Wildman–Crippen LogP) is 2.91. The lowest BCUT2D eigenvalue weighted by Gasteiger charge is -2.07. The molecule has 0 aliphatic rings. The van der Waals surface area contributed by atoms with Crippen molar-refractivity contribution in [2.24, 2.45) is 7.05 Å². The molecule has 1 aromatic carbocycles. The van der Waals surface area contributed by atoms with Gasteiger partial charge >= 0.3 is 0 Å². The van der Waals surface area contributed by atoms with Gasteiger partial charge in [-0.3, -0.25) is 0 Å². The molecule has 2 aromatic rings. The number of halogens is 1. The molecule has 0 radical (unpaired) electrons. The highest BCUT2D eigenvalue weighted by molar-refractivity contribution is 6.36. The van der Waals surface area contributed by atoms with Crippen LogP contribution < -0.4 is 10.1 Å². The van der Waals surface area contributed by atoms with E-state index in [1.54, 1.807) is 7.11 Å². The van der Waals surface area contributed by atoms with Crippen molar-refractivity contribution in [3.05, 3.63) is 28.4 Å². The summed E-state index contributed by atoms with van der Waals surface area (Å²) in [7, 11) is 5.73. The van der Waals surface area contributed by atoms with Crippen LogP contribution in [0.25, 0.3) is 10.9 Å². The van der Waals surface area contributed by atoms with Crippen molar-refractivity contribution in [2.45, 2.75) is 13.3 Å². The number of ether oxygens (including phenoxy) is 1. The lowest BCUT2D eigenvalue weighted by Crippen LogP contribution is -2.13. The fourth-order valence-corrected chi connectivity index (χ4v) is 2.83. The van der Waals surface area contributed by atoms with Crippen LogP contribution in [0.5, 0.6) is 5.75 Å². The second kappa shape index (κ2) is 5.21. The van der Waals surface area contributed by atoms with E-state index in [2.05, 4.69) is 23.9 Å². The molecule has 0 aliphatic heterocycles. The Kier molecular flexibility index (Phi) is 3.83. The maximum Gasteiger partial charge on any atom is 0.143 e. The minimum Gasteiger partial charge on any atom is -0.495 e. The number of likely N-dealkylation sites (N-methyl/N-ethyl adjacent to an activating group) is 1. The van der Waals surface area contributed by atoms with E-state index in [9.17, 15) is 0 Å². The molecule has 18 heavy (non-hydrogen) atoms. The number of nitrogens with zero attached hydrogens (tertiary/aromatic N) is 1. The minimum atomic E-state index is 0.787. The van der Waals surface area contributed by atoms with Crippen LogP contribution in [0, 0.1) is 6.92 Å². The zero-order valence-corrected chi connectivity index (χ0v) is 12.1. The van der Waals surface area contributed by atoms with Gasteiger partial charge in [0.25, 0.3) is 0 Å². The third-order valence-electron chi connectivity index (χ3n) is 3.47. The summed E-state index contributed by atoms with van der Waals surface area (Å²) in [5.41, 5.74) is 3.62. The van der Waals surface area contributed by atoms with E-state index in [1.165, 1.54) is 11.3 Å². The Balaban J connectivity index is 2.71. The van der Waals surface area contributed by atoms with Gasteiger partial charge in [0, 0.05) is 31.1 Å². The number of hydrogen-bond donors (Lipinski definition) is 1. The summed E-state index contributed by atoms with van der Waals surface area (Å²) in [6, 6.07) is 3.82. The molecular weight excluding hydrogens is 248 g/mol. The topological polar surface area (TPSA) is 26.2 Å². The fourth-order valence-electron chi connectivity index (χ4n) is 2.53. The summed E-state index contributed by atoms with van der Waals surface area (Å²) in [6.45, 7) is 3.07. The molecule has 4 heteroatoms. The zero-order valence-electron chi connectivity index (χ0n) is 11.3. The molecule has 0 aliphatic carbocycles. The van der Waals surface area contributed by atoms with Crippen LogP contribution in [-0.4, -0.2) is 25.3 Å². The van der Waals surface area contributed by atoms with Crippen molar-refractivity contribution in [1.82, 2.24) is 9.88 Å². The average molecular weight is 267 g/mol. The Hall–Kier alpha value is -1.19. The van der Waals surface area contributed by atoms with Crippen molar-refractivity contribution >= 4 is 22.5 Å². The monoisotopic (exact) mass is 266 g/mol. The number of nitrogens with one attached hydrogen (secondary N) is 1. The Morgan fingerprint density at radius 2 is 2.11 bits per heavy atom. The van der Waals surface area contributed by atoms with Gasteiger partial charge in [0.15, 0.2) is 0 Å². The Morgan fingerprint density at radius 1 is 1.39 bits per heavy atom. The lowest BCUT2D eigenvalue weighted by atomic mass is 10.1. The molecule has 0 bridgehead atoms. The first kappa shape index (κ1) is 13.2. The first-order chi connectivity index (χ1) is 8.61. The SMILES string of the molecule is CNCCc1c(C)c2c(Cl)ccc(OC)c2n1C. The fraction of sp³-hybridized carbons (Fsp3) is 0.429.